The molecule has 2 heterocycles. The monoisotopic (exact) mass is 326 g/mol. The fourth-order valence-corrected chi connectivity index (χ4v) is 4.21. The molecule has 2 fully saturated rings. The first kappa shape index (κ1) is 13.5. The summed E-state index contributed by atoms with van der Waals surface area (Å²) in [7, 11) is 0. The summed E-state index contributed by atoms with van der Waals surface area (Å²) >= 11 is 3.37. The second-order valence-electron chi connectivity index (χ2n) is 6.34. The Kier molecular flexibility index (Phi) is 3.44. The highest BCUT2D eigenvalue weighted by Crippen LogP contribution is 2.41. The SMILES string of the molecule is CC1(C)C2CNCC2CN1Cc1cc(F)cc(Br)c1. The minimum absolute atomic E-state index is 0.164. The number of nitrogens with zero attached hydrogens (tertiary/aromatic N) is 1. The number of likely N-dealkylation sites (tertiary alicyclic amines) is 1. The fraction of sp³-hybridized carbons (Fsp3) is 0.600. The van der Waals surface area contributed by atoms with Gasteiger partial charge in [0.1, 0.15) is 5.82 Å². The van der Waals surface area contributed by atoms with E-state index >= 15 is 0 Å². The Morgan fingerprint density at radius 3 is 2.84 bits per heavy atom. The molecule has 1 aromatic carbocycles. The van der Waals surface area contributed by atoms with Gasteiger partial charge in [0.05, 0.1) is 0 Å². The molecule has 2 unspecified atom stereocenters. The number of halogens is 2. The Hall–Kier alpha value is -0.450. The molecule has 0 radical (unpaired) electrons. The topological polar surface area (TPSA) is 15.3 Å². The lowest BCUT2D eigenvalue weighted by molar-refractivity contribution is 0.132. The van der Waals surface area contributed by atoms with Gasteiger partial charge in [-0.05, 0) is 56.0 Å². The molecular formula is C15H20BrFN2. The van der Waals surface area contributed by atoms with Crippen LogP contribution in [0.25, 0.3) is 0 Å². The van der Waals surface area contributed by atoms with Crippen molar-refractivity contribution in [3.8, 4) is 0 Å². The van der Waals surface area contributed by atoms with Crippen LogP contribution < -0.4 is 5.32 Å². The second-order valence-corrected chi connectivity index (χ2v) is 7.25. The van der Waals surface area contributed by atoms with E-state index in [9.17, 15) is 4.39 Å². The number of benzene rings is 1. The van der Waals surface area contributed by atoms with Crippen LogP contribution >= 0.6 is 15.9 Å². The third-order valence-electron chi connectivity index (χ3n) is 4.81. The van der Waals surface area contributed by atoms with Gasteiger partial charge in [-0.25, -0.2) is 4.39 Å². The first-order valence-corrected chi connectivity index (χ1v) is 7.67. The van der Waals surface area contributed by atoms with Crippen LogP contribution in [0.1, 0.15) is 19.4 Å². The highest BCUT2D eigenvalue weighted by Gasteiger charge is 2.49. The molecule has 104 valence electrons. The Balaban J connectivity index is 1.80. The molecule has 1 N–H and O–H groups in total. The summed E-state index contributed by atoms with van der Waals surface area (Å²) in [5, 5.41) is 3.49. The van der Waals surface area contributed by atoms with Gasteiger partial charge in [-0.2, -0.15) is 0 Å². The number of hydrogen-bond acceptors (Lipinski definition) is 2. The maximum Gasteiger partial charge on any atom is 0.124 e. The van der Waals surface area contributed by atoms with Crippen LogP contribution in [0, 0.1) is 17.7 Å². The molecule has 0 spiro atoms. The van der Waals surface area contributed by atoms with Crippen LogP contribution in [-0.4, -0.2) is 30.1 Å². The predicted molar refractivity (Wildman–Crippen MR) is 78.4 cm³/mol. The van der Waals surface area contributed by atoms with Crippen molar-refractivity contribution in [2.75, 3.05) is 19.6 Å². The first-order valence-electron chi connectivity index (χ1n) is 6.87. The Morgan fingerprint density at radius 1 is 1.37 bits per heavy atom. The quantitative estimate of drug-likeness (QED) is 0.898. The third-order valence-corrected chi connectivity index (χ3v) is 5.27. The maximum atomic E-state index is 13.5. The van der Waals surface area contributed by atoms with Crippen LogP contribution in [0.3, 0.4) is 0 Å². The molecule has 3 rings (SSSR count). The molecule has 2 saturated heterocycles. The van der Waals surface area contributed by atoms with E-state index in [1.165, 1.54) is 6.07 Å². The highest BCUT2D eigenvalue weighted by molar-refractivity contribution is 9.10. The number of hydrogen-bond donors (Lipinski definition) is 1. The molecule has 0 aliphatic carbocycles. The summed E-state index contributed by atoms with van der Waals surface area (Å²) in [5.41, 5.74) is 1.24. The van der Waals surface area contributed by atoms with Crippen LogP contribution in [0.4, 0.5) is 4.39 Å². The van der Waals surface area contributed by atoms with Crippen molar-refractivity contribution in [2.45, 2.75) is 25.9 Å². The molecular weight excluding hydrogens is 307 g/mol. The number of fused-ring (bicyclic) bond motifs is 1. The zero-order chi connectivity index (χ0) is 13.6. The van der Waals surface area contributed by atoms with E-state index in [0.29, 0.717) is 5.92 Å². The Labute approximate surface area is 122 Å². The highest BCUT2D eigenvalue weighted by atomic mass is 79.9. The van der Waals surface area contributed by atoms with Crippen molar-refractivity contribution in [2.24, 2.45) is 11.8 Å². The average molecular weight is 327 g/mol. The molecule has 2 nitrogen and oxygen atoms in total. The Morgan fingerprint density at radius 2 is 2.16 bits per heavy atom. The van der Waals surface area contributed by atoms with Gasteiger partial charge in [-0.15, -0.1) is 0 Å². The summed E-state index contributed by atoms with van der Waals surface area (Å²) in [6, 6.07) is 5.18. The standard InChI is InChI=1S/C15H20BrFN2/c1-15(2)14-7-18-6-11(14)9-19(15)8-10-3-12(16)5-13(17)4-10/h3-5,11,14,18H,6-9H2,1-2H3. The van der Waals surface area contributed by atoms with Crippen LogP contribution in [-0.2, 0) is 6.54 Å². The summed E-state index contributed by atoms with van der Waals surface area (Å²) in [5.74, 6) is 1.29. The van der Waals surface area contributed by atoms with Crippen molar-refractivity contribution < 1.29 is 4.39 Å². The van der Waals surface area contributed by atoms with Crippen molar-refractivity contribution in [1.29, 1.82) is 0 Å². The van der Waals surface area contributed by atoms with E-state index in [-0.39, 0.29) is 11.4 Å². The molecule has 0 bridgehead atoms. The lowest BCUT2D eigenvalue weighted by Gasteiger charge is -2.35. The molecule has 4 heteroatoms. The zero-order valence-corrected chi connectivity index (χ0v) is 13.0. The van der Waals surface area contributed by atoms with Crippen molar-refractivity contribution in [3.63, 3.8) is 0 Å². The fourth-order valence-electron chi connectivity index (χ4n) is 3.70. The molecule has 2 aliphatic heterocycles. The lowest BCUT2D eigenvalue weighted by atomic mass is 9.85. The average Bonchev–Trinajstić information content (AvgIpc) is 2.82. The van der Waals surface area contributed by atoms with Gasteiger partial charge in [0.2, 0.25) is 0 Å². The molecule has 0 saturated carbocycles. The molecule has 1 aromatic rings. The zero-order valence-electron chi connectivity index (χ0n) is 11.4. The lowest BCUT2D eigenvalue weighted by Crippen LogP contribution is -2.43. The van der Waals surface area contributed by atoms with Gasteiger partial charge in [0, 0.05) is 29.6 Å². The van der Waals surface area contributed by atoms with E-state index in [0.717, 1.165) is 42.1 Å². The van der Waals surface area contributed by atoms with Crippen LogP contribution in [0.5, 0.6) is 0 Å². The first-order chi connectivity index (χ1) is 8.96. The van der Waals surface area contributed by atoms with Gasteiger partial charge in [0.15, 0.2) is 0 Å². The van der Waals surface area contributed by atoms with E-state index in [1.54, 1.807) is 6.07 Å². The summed E-state index contributed by atoms with van der Waals surface area (Å²) in [6.07, 6.45) is 0. The van der Waals surface area contributed by atoms with E-state index in [1.807, 2.05) is 6.07 Å². The van der Waals surface area contributed by atoms with E-state index in [4.69, 9.17) is 0 Å². The minimum atomic E-state index is -0.164. The van der Waals surface area contributed by atoms with E-state index in [2.05, 4.69) is 40.0 Å². The van der Waals surface area contributed by atoms with E-state index < -0.39 is 0 Å². The maximum absolute atomic E-state index is 13.5. The van der Waals surface area contributed by atoms with Gasteiger partial charge < -0.3 is 5.32 Å². The minimum Gasteiger partial charge on any atom is -0.316 e. The second kappa shape index (κ2) is 4.83. The molecule has 19 heavy (non-hydrogen) atoms. The largest absolute Gasteiger partial charge is 0.316 e. The molecule has 0 amide bonds. The molecule has 2 atom stereocenters. The van der Waals surface area contributed by atoms with Crippen molar-refractivity contribution in [3.05, 3.63) is 34.1 Å². The summed E-state index contributed by atoms with van der Waals surface area (Å²) in [6.45, 7) is 8.81. The van der Waals surface area contributed by atoms with Gasteiger partial charge >= 0.3 is 0 Å². The predicted octanol–water partition coefficient (Wildman–Crippen LogP) is 3.02. The number of nitrogens with one attached hydrogen (secondary N) is 1. The summed E-state index contributed by atoms with van der Waals surface area (Å²) in [4.78, 5) is 2.50. The smallest absolute Gasteiger partial charge is 0.124 e. The van der Waals surface area contributed by atoms with Gasteiger partial charge in [0.25, 0.3) is 0 Å². The molecule has 2 aliphatic rings. The van der Waals surface area contributed by atoms with Crippen LogP contribution in [0.15, 0.2) is 22.7 Å². The Bertz CT molecular complexity index is 469. The summed E-state index contributed by atoms with van der Waals surface area (Å²) < 4.78 is 14.3. The van der Waals surface area contributed by atoms with Crippen molar-refractivity contribution in [1.82, 2.24) is 10.2 Å². The van der Waals surface area contributed by atoms with Gasteiger partial charge in [-0.3, -0.25) is 4.90 Å². The third kappa shape index (κ3) is 2.46. The normalized spacial score (nSPS) is 29.7. The molecule has 0 aromatic heterocycles. The van der Waals surface area contributed by atoms with Crippen LogP contribution in [0.2, 0.25) is 0 Å². The van der Waals surface area contributed by atoms with Gasteiger partial charge in [-0.1, -0.05) is 15.9 Å². The number of rotatable bonds is 2. The van der Waals surface area contributed by atoms with Crippen molar-refractivity contribution >= 4 is 15.9 Å².